The molecule has 1 saturated carbocycles. The van der Waals surface area contributed by atoms with Crippen LogP contribution in [0.2, 0.25) is 0 Å². The molecular weight excluding hydrogens is 455 g/mol. The Bertz CT molecular complexity index is 1100. The van der Waals surface area contributed by atoms with Gasteiger partial charge in [-0.3, -0.25) is 4.79 Å². The van der Waals surface area contributed by atoms with E-state index in [9.17, 15) is 26.7 Å². The summed E-state index contributed by atoms with van der Waals surface area (Å²) >= 11 is 0. The second kappa shape index (κ2) is 8.08. The number of aromatic nitrogens is 3. The molecule has 2 aromatic heterocycles. The van der Waals surface area contributed by atoms with Crippen LogP contribution in [0.5, 0.6) is 0 Å². The van der Waals surface area contributed by atoms with E-state index in [0.717, 1.165) is 31.0 Å². The van der Waals surface area contributed by atoms with Gasteiger partial charge in [0.25, 0.3) is 0 Å². The molecule has 33 heavy (non-hydrogen) atoms. The highest BCUT2D eigenvalue weighted by atomic mass is 19.4. The fraction of sp³-hybridized carbons (Fsp3) is 0.421. The molecule has 4 N–H and O–H groups in total. The molecule has 0 saturated heterocycles. The van der Waals surface area contributed by atoms with Crippen molar-refractivity contribution in [3.63, 3.8) is 0 Å². The molecule has 1 aliphatic heterocycles. The smallest absolute Gasteiger partial charge is 0.475 e. The number of nitrogen functional groups attached to an aromatic ring is 1. The maximum atomic E-state index is 13.7. The van der Waals surface area contributed by atoms with Crippen LogP contribution in [0.1, 0.15) is 38.1 Å². The zero-order valence-electron chi connectivity index (χ0n) is 17.4. The van der Waals surface area contributed by atoms with Crippen LogP contribution in [0.3, 0.4) is 0 Å². The van der Waals surface area contributed by atoms with E-state index >= 15 is 0 Å². The molecule has 9 nitrogen and oxygen atoms in total. The van der Waals surface area contributed by atoms with Crippen molar-refractivity contribution in [2.45, 2.75) is 44.2 Å². The summed E-state index contributed by atoms with van der Waals surface area (Å²) in [5, 5.41) is 9.77. The molecule has 1 aliphatic carbocycles. The Labute approximate surface area is 183 Å². The van der Waals surface area contributed by atoms with Crippen LogP contribution in [0.15, 0.2) is 18.3 Å². The van der Waals surface area contributed by atoms with Gasteiger partial charge in [-0.05, 0) is 12.8 Å². The van der Waals surface area contributed by atoms with Gasteiger partial charge >= 0.3 is 18.1 Å². The summed E-state index contributed by atoms with van der Waals surface area (Å²) in [6.45, 7) is 2.75. The molecule has 1 fully saturated rings. The normalized spacial score (nSPS) is 16.0. The van der Waals surface area contributed by atoms with Crippen LogP contribution < -0.4 is 16.0 Å². The summed E-state index contributed by atoms with van der Waals surface area (Å²) in [7, 11) is 0. The molecule has 1 spiro atoms. The predicted molar refractivity (Wildman–Crippen MR) is 106 cm³/mol. The van der Waals surface area contributed by atoms with E-state index in [1.807, 2.05) is 4.90 Å². The Kier molecular flexibility index (Phi) is 5.89. The summed E-state index contributed by atoms with van der Waals surface area (Å²) in [5.41, 5.74) is 7.54. The van der Waals surface area contributed by atoms with Gasteiger partial charge in [0.2, 0.25) is 11.7 Å². The summed E-state index contributed by atoms with van der Waals surface area (Å²) in [6.07, 6.45) is -1.35. The predicted octanol–water partition coefficient (Wildman–Crippen LogP) is 3.34. The molecule has 2 aliphatic rings. The summed E-state index contributed by atoms with van der Waals surface area (Å²) in [5.74, 6) is -6.08. The lowest BCUT2D eigenvalue weighted by Crippen LogP contribution is -2.23. The molecule has 2 aromatic rings. The second-order valence-electron chi connectivity index (χ2n) is 7.80. The molecule has 1 amide bonds. The van der Waals surface area contributed by atoms with Gasteiger partial charge < -0.3 is 21.1 Å². The number of nitrogens with one attached hydrogen (secondary N) is 1. The van der Waals surface area contributed by atoms with E-state index < -0.39 is 23.9 Å². The number of fused-ring (bicyclic) bond motifs is 2. The van der Waals surface area contributed by atoms with Gasteiger partial charge in [0.1, 0.15) is 17.5 Å². The number of carbonyl (C=O) groups excluding carboxylic acids is 1. The number of amides is 1. The SMILES string of the molecule is CC(=O)Nc1cc2c(cn1)C1(CC1)CN2c1cc(N)nc(C(C)(F)F)n1.O=C(O)C(F)(F)F. The van der Waals surface area contributed by atoms with Gasteiger partial charge in [-0.1, -0.05) is 0 Å². The van der Waals surface area contributed by atoms with Crippen LogP contribution in [-0.4, -0.2) is 44.7 Å². The maximum absolute atomic E-state index is 13.7. The van der Waals surface area contributed by atoms with Gasteiger partial charge in [0.15, 0.2) is 0 Å². The van der Waals surface area contributed by atoms with E-state index in [2.05, 4.69) is 20.3 Å². The van der Waals surface area contributed by atoms with Crippen molar-refractivity contribution >= 4 is 35.0 Å². The van der Waals surface area contributed by atoms with Gasteiger partial charge in [0, 0.05) is 49.7 Å². The summed E-state index contributed by atoms with van der Waals surface area (Å²) in [6, 6.07) is 3.23. The van der Waals surface area contributed by atoms with Crippen molar-refractivity contribution in [2.24, 2.45) is 0 Å². The minimum atomic E-state index is -5.08. The number of hydrogen-bond acceptors (Lipinski definition) is 7. The lowest BCUT2D eigenvalue weighted by Gasteiger charge is -2.21. The average molecular weight is 474 g/mol. The van der Waals surface area contributed by atoms with E-state index in [1.54, 1.807) is 12.3 Å². The fourth-order valence-electron chi connectivity index (χ4n) is 3.37. The third kappa shape index (κ3) is 5.26. The topological polar surface area (TPSA) is 134 Å². The van der Waals surface area contributed by atoms with Crippen molar-refractivity contribution in [2.75, 3.05) is 22.5 Å². The molecule has 0 radical (unpaired) electrons. The fourth-order valence-corrected chi connectivity index (χ4v) is 3.37. The number of alkyl halides is 5. The van der Waals surface area contributed by atoms with Crippen molar-refractivity contribution in [1.82, 2.24) is 15.0 Å². The summed E-state index contributed by atoms with van der Waals surface area (Å²) in [4.78, 5) is 34.1. The van der Waals surface area contributed by atoms with Gasteiger partial charge in [0.05, 0.1) is 5.69 Å². The Balaban J connectivity index is 0.000000383. The third-order valence-electron chi connectivity index (χ3n) is 5.01. The number of pyridine rings is 1. The minimum absolute atomic E-state index is 0.0130. The molecule has 0 unspecified atom stereocenters. The Hall–Kier alpha value is -3.58. The van der Waals surface area contributed by atoms with E-state index in [4.69, 9.17) is 15.6 Å². The number of carboxylic acid groups (broad SMARTS) is 1. The van der Waals surface area contributed by atoms with Crippen LogP contribution in [0, 0.1) is 0 Å². The lowest BCUT2D eigenvalue weighted by molar-refractivity contribution is -0.192. The van der Waals surface area contributed by atoms with E-state index in [0.29, 0.717) is 18.2 Å². The lowest BCUT2D eigenvalue weighted by atomic mass is 10.0. The highest BCUT2D eigenvalue weighted by Crippen LogP contribution is 2.58. The number of carboxylic acids is 1. The van der Waals surface area contributed by atoms with Crippen molar-refractivity contribution in [3.05, 3.63) is 29.7 Å². The van der Waals surface area contributed by atoms with Crippen molar-refractivity contribution in [1.29, 1.82) is 0 Å². The first kappa shape index (κ1) is 24.1. The first-order valence-corrected chi connectivity index (χ1v) is 9.51. The summed E-state index contributed by atoms with van der Waals surface area (Å²) < 4.78 is 59.2. The van der Waals surface area contributed by atoms with Gasteiger partial charge in [-0.25, -0.2) is 19.7 Å². The highest BCUT2D eigenvalue weighted by Gasteiger charge is 2.52. The first-order valence-electron chi connectivity index (χ1n) is 9.51. The molecule has 0 aromatic carbocycles. The Morgan fingerprint density at radius 1 is 1.18 bits per heavy atom. The largest absolute Gasteiger partial charge is 0.490 e. The molecule has 0 bridgehead atoms. The Morgan fingerprint density at radius 2 is 1.79 bits per heavy atom. The molecular formula is C19H19F5N6O3. The Morgan fingerprint density at radius 3 is 2.27 bits per heavy atom. The zero-order valence-corrected chi connectivity index (χ0v) is 17.4. The van der Waals surface area contributed by atoms with E-state index in [1.165, 1.54) is 13.0 Å². The number of anilines is 4. The number of rotatable bonds is 3. The number of nitrogens with two attached hydrogens (primary N) is 1. The van der Waals surface area contributed by atoms with Gasteiger partial charge in [-0.15, -0.1) is 0 Å². The maximum Gasteiger partial charge on any atom is 0.490 e. The molecule has 178 valence electrons. The van der Waals surface area contributed by atoms with E-state index in [-0.39, 0.29) is 17.1 Å². The standard InChI is InChI=1S/C17H18F2N6O.C2HF3O2/c1-9(26)22-13-5-11-10(7-21-13)17(3-4-17)8-25(11)14-6-12(20)23-15(24-14)16(2,18)19;3-2(4,5)1(6)7/h5-7H,3-4,8H2,1-2H3,(H2,20,23,24)(H,21,22,26);(H,6,7). The van der Waals surface area contributed by atoms with Crippen LogP contribution in [0.4, 0.5) is 45.1 Å². The monoisotopic (exact) mass is 474 g/mol. The number of halogens is 5. The molecule has 3 heterocycles. The average Bonchev–Trinajstić information content (AvgIpc) is 3.37. The molecule has 14 heteroatoms. The van der Waals surface area contributed by atoms with Crippen LogP contribution in [-0.2, 0) is 20.9 Å². The second-order valence-corrected chi connectivity index (χ2v) is 7.80. The van der Waals surface area contributed by atoms with Crippen LogP contribution >= 0.6 is 0 Å². The number of nitrogens with zero attached hydrogens (tertiary/aromatic N) is 4. The van der Waals surface area contributed by atoms with Gasteiger partial charge in [-0.2, -0.15) is 22.0 Å². The number of carbonyl (C=O) groups is 2. The highest BCUT2D eigenvalue weighted by molar-refractivity contribution is 5.89. The van der Waals surface area contributed by atoms with Crippen LogP contribution in [0.25, 0.3) is 0 Å². The molecule has 0 atom stereocenters. The first-order chi connectivity index (χ1) is 15.1. The zero-order chi connectivity index (χ0) is 24.8. The minimum Gasteiger partial charge on any atom is -0.475 e. The van der Waals surface area contributed by atoms with Crippen molar-refractivity contribution in [3.8, 4) is 0 Å². The number of hydrogen-bond donors (Lipinski definition) is 3. The number of aliphatic carboxylic acids is 1. The quantitative estimate of drug-likeness (QED) is 0.577. The molecule has 4 rings (SSSR count). The third-order valence-corrected chi connectivity index (χ3v) is 5.01. The van der Waals surface area contributed by atoms with Crippen molar-refractivity contribution < 1.29 is 36.6 Å².